The Kier molecular flexibility index (Phi) is 6.29. The molecule has 0 amide bonds. The SMILES string of the molecule is CCNC(=NCC1CCCO1)N1CCC(C(=O)OC)CC1. The van der Waals surface area contributed by atoms with E-state index in [-0.39, 0.29) is 18.0 Å². The molecular weight excluding hydrogens is 270 g/mol. The fourth-order valence-electron chi connectivity index (χ4n) is 2.90. The molecule has 2 aliphatic rings. The smallest absolute Gasteiger partial charge is 0.308 e. The van der Waals surface area contributed by atoms with Crippen LogP contribution in [0.5, 0.6) is 0 Å². The lowest BCUT2D eigenvalue weighted by atomic mass is 9.97. The average molecular weight is 297 g/mol. The van der Waals surface area contributed by atoms with E-state index < -0.39 is 0 Å². The number of carbonyl (C=O) groups is 1. The van der Waals surface area contributed by atoms with Gasteiger partial charge in [0.15, 0.2) is 5.96 Å². The highest BCUT2D eigenvalue weighted by atomic mass is 16.5. The molecule has 0 spiro atoms. The topological polar surface area (TPSA) is 63.2 Å². The summed E-state index contributed by atoms with van der Waals surface area (Å²) in [4.78, 5) is 18.5. The fraction of sp³-hybridized carbons (Fsp3) is 0.867. The zero-order valence-corrected chi connectivity index (χ0v) is 13.1. The van der Waals surface area contributed by atoms with Crippen LogP contribution in [-0.4, -0.2) is 62.8 Å². The quantitative estimate of drug-likeness (QED) is 0.477. The van der Waals surface area contributed by atoms with Gasteiger partial charge in [-0.1, -0.05) is 0 Å². The predicted octanol–water partition coefficient (Wildman–Crippen LogP) is 1.02. The molecule has 0 saturated carbocycles. The number of likely N-dealkylation sites (tertiary alicyclic amines) is 1. The minimum atomic E-state index is -0.0871. The number of methoxy groups -OCH3 is 1. The number of guanidine groups is 1. The van der Waals surface area contributed by atoms with Crippen LogP contribution in [0.25, 0.3) is 0 Å². The summed E-state index contributed by atoms with van der Waals surface area (Å²) >= 11 is 0. The van der Waals surface area contributed by atoms with Crippen molar-refractivity contribution in [1.82, 2.24) is 10.2 Å². The maximum atomic E-state index is 11.6. The first kappa shape index (κ1) is 16.1. The molecule has 6 nitrogen and oxygen atoms in total. The molecule has 2 aliphatic heterocycles. The monoisotopic (exact) mass is 297 g/mol. The fourth-order valence-corrected chi connectivity index (χ4v) is 2.90. The first-order valence-corrected chi connectivity index (χ1v) is 7.97. The number of aliphatic imine (C=N–C) groups is 1. The van der Waals surface area contributed by atoms with Crippen molar-refractivity contribution in [2.45, 2.75) is 38.7 Å². The summed E-state index contributed by atoms with van der Waals surface area (Å²) in [6.07, 6.45) is 4.18. The number of rotatable bonds is 4. The van der Waals surface area contributed by atoms with E-state index in [0.717, 1.165) is 64.4 Å². The van der Waals surface area contributed by atoms with Gasteiger partial charge in [0.2, 0.25) is 0 Å². The molecule has 6 heteroatoms. The maximum Gasteiger partial charge on any atom is 0.308 e. The number of carbonyl (C=O) groups excluding carboxylic acids is 1. The van der Waals surface area contributed by atoms with Crippen molar-refractivity contribution >= 4 is 11.9 Å². The third-order valence-corrected chi connectivity index (χ3v) is 4.13. The van der Waals surface area contributed by atoms with Crippen LogP contribution in [0.4, 0.5) is 0 Å². The third kappa shape index (κ3) is 4.59. The van der Waals surface area contributed by atoms with Gasteiger partial charge in [0, 0.05) is 26.2 Å². The minimum Gasteiger partial charge on any atom is -0.469 e. The molecule has 0 aromatic heterocycles. The van der Waals surface area contributed by atoms with Crippen molar-refractivity contribution in [3.05, 3.63) is 0 Å². The number of nitrogens with one attached hydrogen (secondary N) is 1. The van der Waals surface area contributed by atoms with Crippen molar-refractivity contribution < 1.29 is 14.3 Å². The van der Waals surface area contributed by atoms with E-state index in [9.17, 15) is 4.79 Å². The number of hydrogen-bond donors (Lipinski definition) is 1. The van der Waals surface area contributed by atoms with Gasteiger partial charge < -0.3 is 19.7 Å². The standard InChI is InChI=1S/C15H27N3O3/c1-3-16-15(17-11-13-5-4-10-21-13)18-8-6-12(7-9-18)14(19)20-2/h12-13H,3-11H2,1-2H3,(H,16,17). The normalized spacial score (nSPS) is 24.2. The highest BCUT2D eigenvalue weighted by Gasteiger charge is 2.27. The van der Waals surface area contributed by atoms with Crippen LogP contribution in [0.2, 0.25) is 0 Å². The van der Waals surface area contributed by atoms with E-state index in [1.54, 1.807) is 0 Å². The minimum absolute atomic E-state index is 0.0345. The Balaban J connectivity index is 1.86. The summed E-state index contributed by atoms with van der Waals surface area (Å²) < 4.78 is 10.4. The lowest BCUT2D eigenvalue weighted by molar-refractivity contribution is -0.146. The molecule has 0 aliphatic carbocycles. The van der Waals surface area contributed by atoms with E-state index in [1.807, 2.05) is 0 Å². The highest BCUT2D eigenvalue weighted by molar-refractivity contribution is 5.80. The summed E-state index contributed by atoms with van der Waals surface area (Å²) in [5.41, 5.74) is 0. The number of ether oxygens (including phenoxy) is 2. The summed E-state index contributed by atoms with van der Waals surface area (Å²) in [6.45, 7) is 6.19. The van der Waals surface area contributed by atoms with Crippen LogP contribution in [0, 0.1) is 5.92 Å². The number of piperidine rings is 1. The Morgan fingerprint density at radius 3 is 2.71 bits per heavy atom. The van der Waals surface area contributed by atoms with Gasteiger partial charge in [0.1, 0.15) is 0 Å². The lowest BCUT2D eigenvalue weighted by Gasteiger charge is -2.33. The van der Waals surface area contributed by atoms with Crippen molar-refractivity contribution in [3.63, 3.8) is 0 Å². The third-order valence-electron chi connectivity index (χ3n) is 4.13. The summed E-state index contributed by atoms with van der Waals surface area (Å²) in [5, 5.41) is 3.34. The van der Waals surface area contributed by atoms with Crippen LogP contribution < -0.4 is 5.32 Å². The zero-order chi connectivity index (χ0) is 15.1. The Labute approximate surface area is 126 Å². The Hall–Kier alpha value is -1.30. The molecule has 2 fully saturated rings. The molecular formula is C15H27N3O3. The largest absolute Gasteiger partial charge is 0.469 e. The summed E-state index contributed by atoms with van der Waals surface area (Å²) in [6, 6.07) is 0. The molecule has 1 N–H and O–H groups in total. The average Bonchev–Trinajstić information content (AvgIpc) is 3.04. The Bertz CT molecular complexity index is 359. The number of esters is 1. The van der Waals surface area contributed by atoms with Crippen LogP contribution in [0.1, 0.15) is 32.6 Å². The van der Waals surface area contributed by atoms with Crippen LogP contribution in [-0.2, 0) is 14.3 Å². The Morgan fingerprint density at radius 1 is 1.38 bits per heavy atom. The molecule has 1 unspecified atom stereocenters. The molecule has 1 atom stereocenters. The molecule has 2 heterocycles. The second-order valence-electron chi connectivity index (χ2n) is 5.61. The Morgan fingerprint density at radius 2 is 2.14 bits per heavy atom. The van der Waals surface area contributed by atoms with Crippen molar-refractivity contribution in [1.29, 1.82) is 0 Å². The first-order chi connectivity index (χ1) is 10.2. The molecule has 120 valence electrons. The van der Waals surface area contributed by atoms with Gasteiger partial charge in [-0.05, 0) is 32.6 Å². The summed E-state index contributed by atoms with van der Waals surface area (Å²) in [5.74, 6) is 0.888. The second kappa shape index (κ2) is 8.22. The van der Waals surface area contributed by atoms with E-state index >= 15 is 0 Å². The number of nitrogens with zero attached hydrogens (tertiary/aromatic N) is 2. The molecule has 2 saturated heterocycles. The van der Waals surface area contributed by atoms with Gasteiger partial charge in [0.05, 0.1) is 25.7 Å². The molecule has 0 radical (unpaired) electrons. The second-order valence-corrected chi connectivity index (χ2v) is 5.61. The van der Waals surface area contributed by atoms with E-state index in [4.69, 9.17) is 14.5 Å². The van der Waals surface area contributed by atoms with Gasteiger partial charge >= 0.3 is 5.97 Å². The van der Waals surface area contributed by atoms with Crippen LogP contribution in [0.3, 0.4) is 0 Å². The van der Waals surface area contributed by atoms with Gasteiger partial charge in [-0.3, -0.25) is 9.79 Å². The van der Waals surface area contributed by atoms with Crippen LogP contribution >= 0.6 is 0 Å². The lowest BCUT2D eigenvalue weighted by Crippen LogP contribution is -2.47. The van der Waals surface area contributed by atoms with E-state index in [1.165, 1.54) is 7.11 Å². The highest BCUT2D eigenvalue weighted by Crippen LogP contribution is 2.19. The van der Waals surface area contributed by atoms with Gasteiger partial charge in [-0.2, -0.15) is 0 Å². The molecule has 0 aromatic carbocycles. The molecule has 21 heavy (non-hydrogen) atoms. The summed E-state index contributed by atoms with van der Waals surface area (Å²) in [7, 11) is 1.46. The molecule has 0 aromatic rings. The molecule has 0 bridgehead atoms. The van der Waals surface area contributed by atoms with Gasteiger partial charge in [-0.15, -0.1) is 0 Å². The van der Waals surface area contributed by atoms with Crippen molar-refractivity contribution in [3.8, 4) is 0 Å². The number of hydrogen-bond acceptors (Lipinski definition) is 4. The van der Waals surface area contributed by atoms with Crippen molar-refractivity contribution in [2.24, 2.45) is 10.9 Å². The van der Waals surface area contributed by atoms with Crippen LogP contribution in [0.15, 0.2) is 4.99 Å². The first-order valence-electron chi connectivity index (χ1n) is 7.97. The maximum absolute atomic E-state index is 11.6. The molecule has 2 rings (SSSR count). The van der Waals surface area contributed by atoms with E-state index in [2.05, 4.69) is 17.1 Å². The van der Waals surface area contributed by atoms with Crippen molar-refractivity contribution in [2.75, 3.05) is 39.9 Å². The van der Waals surface area contributed by atoms with Gasteiger partial charge in [0.25, 0.3) is 0 Å². The predicted molar refractivity (Wildman–Crippen MR) is 81.3 cm³/mol. The van der Waals surface area contributed by atoms with E-state index in [0.29, 0.717) is 0 Å². The zero-order valence-electron chi connectivity index (χ0n) is 13.1. The van der Waals surface area contributed by atoms with Gasteiger partial charge in [-0.25, -0.2) is 0 Å².